The highest BCUT2D eigenvalue weighted by molar-refractivity contribution is 7.08. The summed E-state index contributed by atoms with van der Waals surface area (Å²) in [7, 11) is 0. The molecule has 0 fully saturated rings. The molecule has 0 unspecified atom stereocenters. The second-order valence-corrected chi connectivity index (χ2v) is 5.44. The molecule has 0 bridgehead atoms. The Morgan fingerprint density at radius 2 is 1.95 bits per heavy atom. The van der Waals surface area contributed by atoms with Crippen LogP contribution >= 0.6 is 11.5 Å². The summed E-state index contributed by atoms with van der Waals surface area (Å²) in [6, 6.07) is 0. The monoisotopic (exact) mass is 285 g/mol. The highest BCUT2D eigenvalue weighted by Crippen LogP contribution is 2.22. The van der Waals surface area contributed by atoms with Crippen molar-refractivity contribution < 1.29 is 14.7 Å². The fraction of sp³-hybridized carbons (Fsp3) is 0.667. The molecule has 0 atom stereocenters. The number of carboxylic acids is 1. The number of aromatic nitrogens is 2. The number of rotatable bonds is 6. The van der Waals surface area contributed by atoms with Crippen LogP contribution in [-0.2, 0) is 4.79 Å². The molecule has 6 nitrogen and oxygen atoms in total. The molecule has 0 spiro atoms. The predicted octanol–water partition coefficient (Wildman–Crippen LogP) is 2.03. The van der Waals surface area contributed by atoms with E-state index < -0.39 is 17.4 Å². The van der Waals surface area contributed by atoms with Gasteiger partial charge >= 0.3 is 5.97 Å². The zero-order chi connectivity index (χ0) is 14.6. The molecule has 1 aromatic rings. The molecule has 7 heteroatoms. The number of carbonyl (C=O) groups is 2. The molecule has 0 aliphatic rings. The van der Waals surface area contributed by atoms with Crippen molar-refractivity contribution in [2.45, 2.75) is 52.0 Å². The van der Waals surface area contributed by atoms with E-state index in [0.717, 1.165) is 11.5 Å². The molecule has 106 valence electrons. The summed E-state index contributed by atoms with van der Waals surface area (Å²) in [6.45, 7) is 7.31. The van der Waals surface area contributed by atoms with Gasteiger partial charge < -0.3 is 10.4 Å². The molecule has 1 aromatic heterocycles. The van der Waals surface area contributed by atoms with E-state index in [0.29, 0.717) is 23.4 Å². The van der Waals surface area contributed by atoms with Crippen molar-refractivity contribution in [3.63, 3.8) is 0 Å². The van der Waals surface area contributed by atoms with Gasteiger partial charge in [0.1, 0.15) is 10.4 Å². The first-order valence-electron chi connectivity index (χ1n) is 6.26. The van der Waals surface area contributed by atoms with Crippen LogP contribution in [0.4, 0.5) is 0 Å². The van der Waals surface area contributed by atoms with Gasteiger partial charge in [0, 0.05) is 0 Å². The lowest BCUT2D eigenvalue weighted by molar-refractivity contribution is -0.144. The first-order chi connectivity index (χ1) is 8.88. The zero-order valence-corrected chi connectivity index (χ0v) is 12.4. The lowest BCUT2D eigenvalue weighted by Crippen LogP contribution is -2.53. The van der Waals surface area contributed by atoms with Crippen LogP contribution in [0.5, 0.6) is 0 Å². The van der Waals surface area contributed by atoms with Crippen LogP contribution in [0.25, 0.3) is 0 Å². The molecule has 0 aliphatic carbocycles. The van der Waals surface area contributed by atoms with Gasteiger partial charge in [-0.15, -0.1) is 5.10 Å². The fourth-order valence-corrected chi connectivity index (χ4v) is 2.50. The van der Waals surface area contributed by atoms with Gasteiger partial charge in [0.15, 0.2) is 0 Å². The topological polar surface area (TPSA) is 92.2 Å². The second-order valence-electron chi connectivity index (χ2n) is 4.69. The molecule has 0 radical (unpaired) electrons. The summed E-state index contributed by atoms with van der Waals surface area (Å²) in [4.78, 5) is 24.0. The summed E-state index contributed by atoms with van der Waals surface area (Å²) in [6.07, 6.45) is 0.654. The number of hydrogen-bond acceptors (Lipinski definition) is 5. The van der Waals surface area contributed by atoms with E-state index in [1.165, 1.54) is 0 Å². The Hall–Kier alpha value is -1.50. The molecule has 1 rings (SSSR count). The van der Waals surface area contributed by atoms with Crippen LogP contribution in [0.3, 0.4) is 0 Å². The summed E-state index contributed by atoms with van der Waals surface area (Å²) in [5, 5.41) is 15.8. The van der Waals surface area contributed by atoms with Crippen LogP contribution in [0.15, 0.2) is 0 Å². The Morgan fingerprint density at radius 1 is 1.37 bits per heavy atom. The number of nitrogens with one attached hydrogen (secondary N) is 1. The molecular weight excluding hydrogens is 266 g/mol. The fourth-order valence-electron chi connectivity index (χ4n) is 1.79. The Kier molecular flexibility index (Phi) is 4.99. The summed E-state index contributed by atoms with van der Waals surface area (Å²) < 4.78 is 3.77. The molecule has 19 heavy (non-hydrogen) atoms. The van der Waals surface area contributed by atoms with E-state index in [1.807, 2.05) is 13.8 Å². The average Bonchev–Trinajstić information content (AvgIpc) is 2.84. The molecule has 0 saturated carbocycles. The average molecular weight is 285 g/mol. The van der Waals surface area contributed by atoms with Crippen molar-refractivity contribution >= 4 is 23.4 Å². The second kappa shape index (κ2) is 6.10. The van der Waals surface area contributed by atoms with Crippen molar-refractivity contribution in [3.05, 3.63) is 10.6 Å². The number of carboxylic acid groups (broad SMARTS) is 1. The zero-order valence-electron chi connectivity index (χ0n) is 11.6. The van der Waals surface area contributed by atoms with E-state index >= 15 is 0 Å². The van der Waals surface area contributed by atoms with Crippen LogP contribution in [0.1, 0.15) is 61.8 Å². The van der Waals surface area contributed by atoms with E-state index in [9.17, 15) is 14.7 Å². The van der Waals surface area contributed by atoms with Crippen molar-refractivity contribution in [2.75, 3.05) is 0 Å². The number of carbonyl (C=O) groups excluding carboxylic acids is 1. The minimum absolute atomic E-state index is 0.0713. The third-order valence-corrected chi connectivity index (χ3v) is 3.98. The van der Waals surface area contributed by atoms with Crippen molar-refractivity contribution in [2.24, 2.45) is 0 Å². The summed E-state index contributed by atoms with van der Waals surface area (Å²) in [5.41, 5.74) is -0.621. The summed E-state index contributed by atoms with van der Waals surface area (Å²) in [5.74, 6) is -1.36. The number of aliphatic carboxylic acids is 1. The van der Waals surface area contributed by atoms with E-state index in [4.69, 9.17) is 0 Å². The van der Waals surface area contributed by atoms with E-state index in [-0.39, 0.29) is 5.92 Å². The van der Waals surface area contributed by atoms with Gasteiger partial charge in [-0.05, 0) is 30.3 Å². The molecule has 2 N–H and O–H groups in total. The molecule has 1 amide bonds. The largest absolute Gasteiger partial charge is 0.480 e. The highest BCUT2D eigenvalue weighted by atomic mass is 32.1. The maximum atomic E-state index is 12.2. The Labute approximate surface area is 116 Å². The summed E-state index contributed by atoms with van der Waals surface area (Å²) >= 11 is 0.993. The lowest BCUT2D eigenvalue weighted by atomic mass is 9.92. The SMILES string of the molecule is CCC(CC)(NC(=O)c1snnc1C(C)C)C(=O)O. The first kappa shape index (κ1) is 15.6. The molecular formula is C12H19N3O3S. The predicted molar refractivity (Wildman–Crippen MR) is 72.4 cm³/mol. The lowest BCUT2D eigenvalue weighted by Gasteiger charge is -2.27. The molecule has 0 aromatic carbocycles. The van der Waals surface area contributed by atoms with E-state index in [1.54, 1.807) is 13.8 Å². The number of hydrogen-bond donors (Lipinski definition) is 2. The quantitative estimate of drug-likeness (QED) is 0.834. The maximum Gasteiger partial charge on any atom is 0.329 e. The Morgan fingerprint density at radius 3 is 2.37 bits per heavy atom. The van der Waals surface area contributed by atoms with Crippen LogP contribution in [-0.4, -0.2) is 32.1 Å². The third kappa shape index (κ3) is 3.09. The van der Waals surface area contributed by atoms with E-state index in [2.05, 4.69) is 14.9 Å². The standard InChI is InChI=1S/C12H19N3O3S/c1-5-12(6-2,11(17)18)13-10(16)9-8(7(3)4)14-15-19-9/h7H,5-6H2,1-4H3,(H,13,16)(H,17,18). The maximum absolute atomic E-state index is 12.2. The number of nitrogens with zero attached hydrogens (tertiary/aromatic N) is 2. The minimum Gasteiger partial charge on any atom is -0.480 e. The van der Waals surface area contributed by atoms with Crippen molar-refractivity contribution in [3.8, 4) is 0 Å². The van der Waals surface area contributed by atoms with Gasteiger partial charge in [-0.3, -0.25) is 4.79 Å². The Balaban J connectivity index is 3.01. The first-order valence-corrected chi connectivity index (χ1v) is 7.03. The third-order valence-electron chi connectivity index (χ3n) is 3.24. The van der Waals surface area contributed by atoms with Crippen molar-refractivity contribution in [1.82, 2.24) is 14.9 Å². The van der Waals surface area contributed by atoms with Gasteiger partial charge in [0.2, 0.25) is 0 Å². The van der Waals surface area contributed by atoms with Gasteiger partial charge in [-0.2, -0.15) is 0 Å². The molecule has 0 aliphatic heterocycles. The number of amides is 1. The highest BCUT2D eigenvalue weighted by Gasteiger charge is 2.37. The smallest absolute Gasteiger partial charge is 0.329 e. The van der Waals surface area contributed by atoms with Crippen LogP contribution < -0.4 is 5.32 Å². The van der Waals surface area contributed by atoms with Crippen LogP contribution in [0, 0.1) is 0 Å². The molecule has 0 saturated heterocycles. The van der Waals surface area contributed by atoms with Gasteiger partial charge in [0.25, 0.3) is 5.91 Å². The van der Waals surface area contributed by atoms with Gasteiger partial charge in [-0.25, -0.2) is 4.79 Å². The minimum atomic E-state index is -1.23. The van der Waals surface area contributed by atoms with Crippen LogP contribution in [0.2, 0.25) is 0 Å². The van der Waals surface area contributed by atoms with Crippen molar-refractivity contribution in [1.29, 1.82) is 0 Å². The van der Waals surface area contributed by atoms with Gasteiger partial charge in [0.05, 0.1) is 5.69 Å². The molecule has 1 heterocycles. The normalized spacial score (nSPS) is 11.6. The Bertz CT molecular complexity index is 467. The van der Waals surface area contributed by atoms with Gasteiger partial charge in [-0.1, -0.05) is 32.2 Å².